The molecule has 144 valence electrons. The minimum absolute atomic E-state index is 0.0818. The molecule has 0 aliphatic carbocycles. The molecular formula is C21H21N3O4. The zero-order valence-corrected chi connectivity index (χ0v) is 15.4. The van der Waals surface area contributed by atoms with Crippen LogP contribution in [0.2, 0.25) is 0 Å². The third-order valence-corrected chi connectivity index (χ3v) is 4.16. The Morgan fingerprint density at radius 2 is 1.68 bits per heavy atom. The lowest BCUT2D eigenvalue weighted by Crippen LogP contribution is -2.17. The number of aromatic carboxylic acids is 1. The van der Waals surface area contributed by atoms with E-state index < -0.39 is 11.9 Å². The summed E-state index contributed by atoms with van der Waals surface area (Å²) in [4.78, 5) is 23.5. The van der Waals surface area contributed by atoms with Gasteiger partial charge in [-0.15, -0.1) is 0 Å². The first-order valence-electron chi connectivity index (χ1n) is 8.80. The molecule has 0 aliphatic rings. The molecule has 0 unspecified atom stereocenters. The first-order chi connectivity index (χ1) is 13.5. The predicted molar refractivity (Wildman–Crippen MR) is 108 cm³/mol. The number of carbonyl (C=O) groups is 2. The Kier molecular flexibility index (Phi) is 5.96. The third kappa shape index (κ3) is 4.70. The number of furan rings is 1. The number of carboxylic acid groups (broad SMARTS) is 1. The van der Waals surface area contributed by atoms with E-state index in [1.165, 1.54) is 24.5 Å². The molecular weight excluding hydrogens is 358 g/mol. The number of hydrogen-bond acceptors (Lipinski definition) is 5. The van der Waals surface area contributed by atoms with Crippen LogP contribution < -0.4 is 16.0 Å². The van der Waals surface area contributed by atoms with Crippen LogP contribution in [0.15, 0.2) is 65.3 Å². The number of para-hydroxylation sites is 1. The maximum absolute atomic E-state index is 12.3. The molecule has 1 amide bonds. The second-order valence-corrected chi connectivity index (χ2v) is 6.17. The van der Waals surface area contributed by atoms with Gasteiger partial charge in [0, 0.05) is 18.8 Å². The summed E-state index contributed by atoms with van der Waals surface area (Å²) >= 11 is 0. The van der Waals surface area contributed by atoms with Crippen LogP contribution in [-0.4, -0.2) is 30.1 Å². The third-order valence-electron chi connectivity index (χ3n) is 4.16. The molecule has 1 aromatic heterocycles. The molecule has 0 aliphatic heterocycles. The second kappa shape index (κ2) is 8.77. The molecule has 3 rings (SSSR count). The van der Waals surface area contributed by atoms with Gasteiger partial charge in [-0.2, -0.15) is 0 Å². The van der Waals surface area contributed by atoms with Crippen molar-refractivity contribution in [1.29, 1.82) is 0 Å². The molecule has 0 saturated carbocycles. The van der Waals surface area contributed by atoms with Crippen molar-refractivity contribution in [2.45, 2.75) is 6.92 Å². The maximum Gasteiger partial charge on any atom is 0.335 e. The van der Waals surface area contributed by atoms with Crippen molar-refractivity contribution < 1.29 is 19.1 Å². The van der Waals surface area contributed by atoms with Gasteiger partial charge in [0.25, 0.3) is 5.91 Å². The van der Waals surface area contributed by atoms with E-state index in [4.69, 9.17) is 4.42 Å². The lowest BCUT2D eigenvalue weighted by atomic mass is 10.1. The molecule has 0 atom stereocenters. The topological polar surface area (TPSA) is 104 Å². The average Bonchev–Trinajstić information content (AvgIpc) is 3.22. The highest BCUT2D eigenvalue weighted by atomic mass is 16.4. The lowest BCUT2D eigenvalue weighted by Gasteiger charge is -2.15. The van der Waals surface area contributed by atoms with Gasteiger partial charge in [0.05, 0.1) is 23.2 Å². The SMILES string of the molecule is Cc1ccccc1NCCNc1ccc(C(=O)O)cc1NC(=O)c1ccco1. The van der Waals surface area contributed by atoms with Gasteiger partial charge in [-0.1, -0.05) is 18.2 Å². The van der Waals surface area contributed by atoms with Crippen LogP contribution >= 0.6 is 0 Å². The Bertz CT molecular complexity index is 968. The highest BCUT2D eigenvalue weighted by molar-refractivity contribution is 6.05. The van der Waals surface area contributed by atoms with Crippen molar-refractivity contribution in [3.63, 3.8) is 0 Å². The van der Waals surface area contributed by atoms with E-state index >= 15 is 0 Å². The summed E-state index contributed by atoms with van der Waals surface area (Å²) in [6.07, 6.45) is 1.40. The Morgan fingerprint density at radius 3 is 2.36 bits per heavy atom. The van der Waals surface area contributed by atoms with Crippen molar-refractivity contribution in [1.82, 2.24) is 0 Å². The van der Waals surface area contributed by atoms with E-state index in [1.807, 2.05) is 31.2 Å². The molecule has 3 aromatic rings. The van der Waals surface area contributed by atoms with Crippen LogP contribution in [0.1, 0.15) is 26.5 Å². The zero-order chi connectivity index (χ0) is 19.9. The predicted octanol–water partition coefficient (Wildman–Crippen LogP) is 4.06. The van der Waals surface area contributed by atoms with E-state index in [1.54, 1.807) is 12.1 Å². The summed E-state index contributed by atoms with van der Waals surface area (Å²) in [7, 11) is 0. The van der Waals surface area contributed by atoms with Crippen LogP contribution in [-0.2, 0) is 0 Å². The van der Waals surface area contributed by atoms with E-state index in [-0.39, 0.29) is 11.3 Å². The quantitative estimate of drug-likeness (QED) is 0.440. The number of benzene rings is 2. The summed E-state index contributed by atoms with van der Waals surface area (Å²) in [6, 6.07) is 15.7. The fourth-order valence-corrected chi connectivity index (χ4v) is 2.69. The molecule has 28 heavy (non-hydrogen) atoms. The van der Waals surface area contributed by atoms with Crippen LogP contribution in [0.5, 0.6) is 0 Å². The number of carbonyl (C=O) groups excluding carboxylic acids is 1. The summed E-state index contributed by atoms with van der Waals surface area (Å²) < 4.78 is 5.09. The van der Waals surface area contributed by atoms with Gasteiger partial charge in [0.15, 0.2) is 5.76 Å². The molecule has 7 nitrogen and oxygen atoms in total. The van der Waals surface area contributed by atoms with Crippen molar-refractivity contribution in [2.24, 2.45) is 0 Å². The van der Waals surface area contributed by atoms with Crippen molar-refractivity contribution in [3.8, 4) is 0 Å². The molecule has 4 N–H and O–H groups in total. The number of amides is 1. The van der Waals surface area contributed by atoms with Gasteiger partial charge in [0.2, 0.25) is 0 Å². The minimum atomic E-state index is -1.07. The number of nitrogens with one attached hydrogen (secondary N) is 3. The van der Waals surface area contributed by atoms with Crippen LogP contribution in [0, 0.1) is 6.92 Å². The number of carboxylic acids is 1. The van der Waals surface area contributed by atoms with Gasteiger partial charge in [-0.3, -0.25) is 4.79 Å². The maximum atomic E-state index is 12.3. The van der Waals surface area contributed by atoms with E-state index in [2.05, 4.69) is 16.0 Å². The second-order valence-electron chi connectivity index (χ2n) is 6.17. The number of aryl methyl sites for hydroxylation is 1. The summed E-state index contributed by atoms with van der Waals surface area (Å²) in [5, 5.41) is 18.5. The van der Waals surface area contributed by atoms with Crippen LogP contribution in [0.3, 0.4) is 0 Å². The number of hydrogen-bond donors (Lipinski definition) is 4. The van der Waals surface area contributed by atoms with Gasteiger partial charge >= 0.3 is 5.97 Å². The molecule has 7 heteroatoms. The van der Waals surface area contributed by atoms with Crippen LogP contribution in [0.4, 0.5) is 17.1 Å². The Labute approximate surface area is 162 Å². The van der Waals surface area contributed by atoms with Crippen molar-refractivity contribution in [3.05, 3.63) is 77.7 Å². The molecule has 0 fully saturated rings. The van der Waals surface area contributed by atoms with Crippen LogP contribution in [0.25, 0.3) is 0 Å². The minimum Gasteiger partial charge on any atom is -0.478 e. The van der Waals surface area contributed by atoms with Gasteiger partial charge in [-0.05, 0) is 48.9 Å². The molecule has 1 heterocycles. The van der Waals surface area contributed by atoms with E-state index in [9.17, 15) is 14.7 Å². The normalized spacial score (nSPS) is 10.3. The molecule has 0 bridgehead atoms. The molecule has 0 saturated heterocycles. The Hall–Kier alpha value is -3.74. The summed E-state index contributed by atoms with van der Waals surface area (Å²) in [5.74, 6) is -1.37. The Balaban J connectivity index is 1.68. The lowest BCUT2D eigenvalue weighted by molar-refractivity contribution is 0.0696. The first-order valence-corrected chi connectivity index (χ1v) is 8.80. The first kappa shape index (κ1) is 19.0. The van der Waals surface area contributed by atoms with E-state index in [0.29, 0.717) is 24.5 Å². The Morgan fingerprint density at radius 1 is 0.929 bits per heavy atom. The molecule has 0 radical (unpaired) electrons. The van der Waals surface area contributed by atoms with E-state index in [0.717, 1.165) is 11.3 Å². The fourth-order valence-electron chi connectivity index (χ4n) is 2.69. The zero-order valence-electron chi connectivity index (χ0n) is 15.4. The fraction of sp³-hybridized carbons (Fsp3) is 0.143. The number of rotatable bonds is 8. The molecule has 0 spiro atoms. The highest BCUT2D eigenvalue weighted by Gasteiger charge is 2.14. The average molecular weight is 379 g/mol. The molecule has 2 aromatic carbocycles. The standard InChI is InChI=1S/C21H21N3O4/c1-14-5-2-3-6-16(14)22-10-11-23-17-9-8-15(21(26)27)13-18(17)24-20(25)19-7-4-12-28-19/h2-9,12-13,22-23H,10-11H2,1H3,(H,24,25)(H,26,27). The van der Waals surface area contributed by atoms with Gasteiger partial charge < -0.3 is 25.5 Å². The number of anilines is 3. The van der Waals surface area contributed by atoms with Crippen molar-refractivity contribution in [2.75, 3.05) is 29.0 Å². The summed E-state index contributed by atoms with van der Waals surface area (Å²) in [6.45, 7) is 3.25. The summed E-state index contributed by atoms with van der Waals surface area (Å²) in [5.41, 5.74) is 3.28. The largest absolute Gasteiger partial charge is 0.478 e. The van der Waals surface area contributed by atoms with Crippen molar-refractivity contribution >= 4 is 28.9 Å². The highest BCUT2D eigenvalue weighted by Crippen LogP contribution is 2.24. The van der Waals surface area contributed by atoms with Gasteiger partial charge in [0.1, 0.15) is 0 Å². The monoisotopic (exact) mass is 379 g/mol. The smallest absolute Gasteiger partial charge is 0.335 e. The van der Waals surface area contributed by atoms with Gasteiger partial charge in [-0.25, -0.2) is 4.79 Å².